The number of aromatic nitrogens is 2. The molecule has 54 valence electrons. The molecule has 0 spiro atoms. The summed E-state index contributed by atoms with van der Waals surface area (Å²) >= 11 is 0. The Bertz CT molecular complexity index is 367. The summed E-state index contributed by atoms with van der Waals surface area (Å²) in [6.45, 7) is 2.15. The zero-order chi connectivity index (χ0) is 7.68. The lowest BCUT2D eigenvalue weighted by atomic mass is 9.72. The van der Waals surface area contributed by atoms with Crippen LogP contribution in [0.1, 0.15) is 0 Å². The summed E-state index contributed by atoms with van der Waals surface area (Å²) in [6.07, 6.45) is 1.88. The molecule has 1 heterocycles. The molecule has 0 saturated heterocycles. The normalized spacial score (nSPS) is 10.3. The van der Waals surface area contributed by atoms with E-state index in [1.807, 2.05) is 12.3 Å². The molecule has 1 aromatic heterocycles. The number of nitrogens with one attached hydrogen (secondary N) is 1. The van der Waals surface area contributed by atoms with Gasteiger partial charge in [0.25, 0.3) is 0 Å². The molecule has 0 atom stereocenters. The van der Waals surface area contributed by atoms with Crippen molar-refractivity contribution in [3.05, 3.63) is 24.4 Å². The topological polar surface area (TPSA) is 28.7 Å². The molecule has 2 nitrogen and oxygen atoms in total. The van der Waals surface area contributed by atoms with Crippen LogP contribution in [0.4, 0.5) is 0 Å². The fraction of sp³-hybridized carbons (Fsp3) is 0.125. The fourth-order valence-corrected chi connectivity index (χ4v) is 1.34. The lowest BCUT2D eigenvalue weighted by Crippen LogP contribution is -2.09. The lowest BCUT2D eigenvalue weighted by Gasteiger charge is -1.94. The molecule has 0 fully saturated rings. The highest BCUT2D eigenvalue weighted by Crippen LogP contribution is 2.05. The Kier molecular flexibility index (Phi) is 1.42. The second kappa shape index (κ2) is 2.42. The van der Waals surface area contributed by atoms with Gasteiger partial charge in [-0.05, 0) is 6.07 Å². The van der Waals surface area contributed by atoms with Crippen LogP contribution in [0.5, 0.6) is 0 Å². The van der Waals surface area contributed by atoms with Crippen LogP contribution in [0.25, 0.3) is 10.9 Å². The van der Waals surface area contributed by atoms with E-state index in [9.17, 15) is 0 Å². The van der Waals surface area contributed by atoms with E-state index in [4.69, 9.17) is 0 Å². The minimum atomic E-state index is 1.07. The van der Waals surface area contributed by atoms with Gasteiger partial charge in [0.2, 0.25) is 0 Å². The van der Waals surface area contributed by atoms with E-state index in [2.05, 4.69) is 29.2 Å². The molecule has 0 aliphatic heterocycles. The number of nitrogens with zero attached hydrogens (tertiary/aromatic N) is 1. The summed E-state index contributed by atoms with van der Waals surface area (Å²) < 4.78 is 0. The van der Waals surface area contributed by atoms with E-state index < -0.39 is 0 Å². The van der Waals surface area contributed by atoms with E-state index in [1.54, 1.807) is 0 Å². The quantitative estimate of drug-likeness (QED) is 0.585. The monoisotopic (exact) mass is 144 g/mol. The van der Waals surface area contributed by atoms with Gasteiger partial charge in [-0.25, -0.2) is 0 Å². The first kappa shape index (κ1) is 6.46. The highest BCUT2D eigenvalue weighted by Gasteiger charge is 1.98. The molecule has 0 saturated carbocycles. The van der Waals surface area contributed by atoms with Crippen molar-refractivity contribution in [1.82, 2.24) is 10.2 Å². The van der Waals surface area contributed by atoms with Crippen molar-refractivity contribution in [3.8, 4) is 0 Å². The first-order chi connectivity index (χ1) is 5.42. The third-order valence-electron chi connectivity index (χ3n) is 1.96. The summed E-state index contributed by atoms with van der Waals surface area (Å²) in [5.41, 5.74) is 2.49. The Balaban J connectivity index is 2.79. The third-order valence-corrected chi connectivity index (χ3v) is 1.96. The third kappa shape index (κ3) is 0.927. The van der Waals surface area contributed by atoms with Gasteiger partial charge in [-0.15, -0.1) is 0 Å². The van der Waals surface area contributed by atoms with Crippen molar-refractivity contribution in [1.29, 1.82) is 0 Å². The zero-order valence-electron chi connectivity index (χ0n) is 6.46. The average Bonchev–Trinajstić information content (AvgIpc) is 2.50. The summed E-state index contributed by atoms with van der Waals surface area (Å²) in [5, 5.41) is 8.17. The maximum atomic E-state index is 3.98. The van der Waals surface area contributed by atoms with Crippen LogP contribution in [0.2, 0.25) is 6.82 Å². The minimum Gasteiger partial charge on any atom is -0.278 e. The molecule has 3 heteroatoms. The van der Waals surface area contributed by atoms with Gasteiger partial charge in [0.05, 0.1) is 11.7 Å². The smallest absolute Gasteiger partial charge is 0.155 e. The van der Waals surface area contributed by atoms with E-state index in [1.165, 1.54) is 10.8 Å². The van der Waals surface area contributed by atoms with E-state index >= 15 is 0 Å². The van der Waals surface area contributed by atoms with Gasteiger partial charge in [-0.3, -0.25) is 5.10 Å². The SMILES string of the molecule is CBc1cccc2[nH]ncc12. The standard InChI is InChI=1S/C8H9BN2/c1-9-7-3-2-4-8-6(7)5-10-11-8/h2-5,9H,1H3,(H,10,11). The van der Waals surface area contributed by atoms with Gasteiger partial charge in [0, 0.05) is 5.39 Å². The maximum absolute atomic E-state index is 3.98. The van der Waals surface area contributed by atoms with Gasteiger partial charge in [0.15, 0.2) is 7.28 Å². The van der Waals surface area contributed by atoms with E-state index in [0.717, 1.165) is 12.8 Å². The minimum absolute atomic E-state index is 1.07. The molecular weight excluding hydrogens is 135 g/mol. The molecule has 0 unspecified atom stereocenters. The lowest BCUT2D eigenvalue weighted by molar-refractivity contribution is 1.12. The van der Waals surface area contributed by atoms with Gasteiger partial charge < -0.3 is 0 Å². The number of H-pyrrole nitrogens is 1. The highest BCUT2D eigenvalue weighted by atomic mass is 15.1. The molecule has 0 aliphatic rings. The molecule has 1 aromatic carbocycles. The fourth-order valence-electron chi connectivity index (χ4n) is 1.34. The zero-order valence-corrected chi connectivity index (χ0v) is 6.46. The number of rotatable bonds is 1. The Labute approximate surface area is 65.9 Å². The van der Waals surface area contributed by atoms with Crippen LogP contribution in [-0.2, 0) is 0 Å². The molecule has 2 rings (SSSR count). The number of benzene rings is 1. The van der Waals surface area contributed by atoms with Crippen molar-refractivity contribution in [2.45, 2.75) is 6.82 Å². The molecule has 2 aromatic rings. The maximum Gasteiger partial charge on any atom is 0.155 e. The molecule has 0 bridgehead atoms. The van der Waals surface area contributed by atoms with E-state index in [-0.39, 0.29) is 0 Å². The Hall–Kier alpha value is -1.25. The largest absolute Gasteiger partial charge is 0.278 e. The van der Waals surface area contributed by atoms with Crippen molar-refractivity contribution < 1.29 is 0 Å². The van der Waals surface area contributed by atoms with Gasteiger partial charge >= 0.3 is 0 Å². The van der Waals surface area contributed by atoms with Crippen LogP contribution in [0, 0.1) is 0 Å². The highest BCUT2D eigenvalue weighted by molar-refractivity contribution is 6.55. The van der Waals surface area contributed by atoms with Crippen LogP contribution in [0.15, 0.2) is 24.4 Å². The molecule has 0 radical (unpaired) electrons. The summed E-state index contributed by atoms with van der Waals surface area (Å²) in [5.74, 6) is 0. The number of hydrogen-bond donors (Lipinski definition) is 1. The Morgan fingerprint density at radius 2 is 2.36 bits per heavy atom. The van der Waals surface area contributed by atoms with Crippen LogP contribution >= 0.6 is 0 Å². The number of hydrogen-bond acceptors (Lipinski definition) is 1. The number of aromatic amines is 1. The van der Waals surface area contributed by atoms with E-state index in [0.29, 0.717) is 0 Å². The van der Waals surface area contributed by atoms with Gasteiger partial charge in [-0.2, -0.15) is 5.10 Å². The van der Waals surface area contributed by atoms with Crippen molar-refractivity contribution in [2.75, 3.05) is 0 Å². The summed E-state index contributed by atoms with van der Waals surface area (Å²) in [6, 6.07) is 6.23. The van der Waals surface area contributed by atoms with Crippen LogP contribution in [-0.4, -0.2) is 17.5 Å². The van der Waals surface area contributed by atoms with Gasteiger partial charge in [-0.1, -0.05) is 24.4 Å². The first-order valence-electron chi connectivity index (χ1n) is 3.83. The second-order valence-corrected chi connectivity index (χ2v) is 2.60. The van der Waals surface area contributed by atoms with Crippen molar-refractivity contribution in [2.24, 2.45) is 0 Å². The van der Waals surface area contributed by atoms with Crippen LogP contribution in [0.3, 0.4) is 0 Å². The summed E-state index contributed by atoms with van der Waals surface area (Å²) in [7, 11) is 1.07. The Morgan fingerprint density at radius 3 is 3.18 bits per heavy atom. The molecule has 0 amide bonds. The van der Waals surface area contributed by atoms with Crippen molar-refractivity contribution >= 4 is 23.6 Å². The first-order valence-corrected chi connectivity index (χ1v) is 3.83. The Morgan fingerprint density at radius 1 is 1.45 bits per heavy atom. The second-order valence-electron chi connectivity index (χ2n) is 2.60. The predicted molar refractivity (Wildman–Crippen MR) is 48.7 cm³/mol. The molecule has 0 aliphatic carbocycles. The molecule has 1 N–H and O–H groups in total. The average molecular weight is 144 g/mol. The summed E-state index contributed by atoms with van der Waals surface area (Å²) in [4.78, 5) is 0. The van der Waals surface area contributed by atoms with Gasteiger partial charge in [0.1, 0.15) is 0 Å². The molecular formula is C8H9BN2. The molecule has 11 heavy (non-hydrogen) atoms. The van der Waals surface area contributed by atoms with Crippen LogP contribution < -0.4 is 5.46 Å². The number of fused-ring (bicyclic) bond motifs is 1. The predicted octanol–water partition coefficient (Wildman–Crippen LogP) is 0.673. The van der Waals surface area contributed by atoms with Crippen molar-refractivity contribution in [3.63, 3.8) is 0 Å².